The van der Waals surface area contributed by atoms with E-state index in [0.717, 1.165) is 16.7 Å². The van der Waals surface area contributed by atoms with E-state index in [1.165, 1.54) is 16.7 Å². The molecular formula is C23H25NO. The maximum atomic E-state index is 9.29. The predicted molar refractivity (Wildman–Crippen MR) is 105 cm³/mol. The van der Waals surface area contributed by atoms with Gasteiger partial charge in [0.1, 0.15) is 0 Å². The third-order valence-corrected chi connectivity index (χ3v) is 4.83. The monoisotopic (exact) mass is 331 g/mol. The molecule has 1 unspecified atom stereocenters. The molecule has 1 N–H and O–H groups in total. The fourth-order valence-corrected chi connectivity index (χ4v) is 2.96. The van der Waals surface area contributed by atoms with E-state index in [4.69, 9.17) is 0 Å². The lowest BCUT2D eigenvalue weighted by Crippen LogP contribution is -2.16. The number of nitrogens with zero attached hydrogens (tertiary/aromatic N) is 1. The summed E-state index contributed by atoms with van der Waals surface area (Å²) in [5.74, 6) is 0. The Morgan fingerprint density at radius 2 is 1.28 bits per heavy atom. The van der Waals surface area contributed by atoms with Crippen LogP contribution >= 0.6 is 0 Å². The van der Waals surface area contributed by atoms with E-state index in [1.54, 1.807) is 0 Å². The van der Waals surface area contributed by atoms with E-state index in [1.807, 2.05) is 18.2 Å². The average molecular weight is 331 g/mol. The number of hydrogen-bond donors (Lipinski definition) is 1. The first-order chi connectivity index (χ1) is 12.1. The van der Waals surface area contributed by atoms with Crippen molar-refractivity contribution in [1.82, 2.24) is 4.90 Å². The summed E-state index contributed by atoms with van der Waals surface area (Å²) in [6.45, 7) is 2.29. The van der Waals surface area contributed by atoms with Crippen molar-refractivity contribution in [3.63, 3.8) is 0 Å². The van der Waals surface area contributed by atoms with Gasteiger partial charge in [0, 0.05) is 6.04 Å². The summed E-state index contributed by atoms with van der Waals surface area (Å²) in [6, 6.07) is 25.8. The largest absolute Gasteiger partial charge is 0.392 e. The van der Waals surface area contributed by atoms with Crippen LogP contribution in [0.25, 0.3) is 22.3 Å². The van der Waals surface area contributed by atoms with Gasteiger partial charge in [-0.3, -0.25) is 0 Å². The molecule has 0 aromatic heterocycles. The molecule has 2 heteroatoms. The third-order valence-electron chi connectivity index (χ3n) is 4.83. The molecular weight excluding hydrogens is 306 g/mol. The van der Waals surface area contributed by atoms with E-state index in [9.17, 15) is 5.11 Å². The van der Waals surface area contributed by atoms with Gasteiger partial charge >= 0.3 is 0 Å². The third kappa shape index (κ3) is 3.98. The lowest BCUT2D eigenvalue weighted by atomic mass is 9.98. The maximum Gasteiger partial charge on any atom is 0.0682 e. The zero-order valence-electron chi connectivity index (χ0n) is 15.1. The van der Waals surface area contributed by atoms with Gasteiger partial charge in [-0.1, -0.05) is 66.7 Å². The molecule has 3 aromatic rings. The van der Waals surface area contributed by atoms with E-state index >= 15 is 0 Å². The molecule has 0 aliphatic heterocycles. The number of rotatable bonds is 5. The van der Waals surface area contributed by atoms with Crippen LogP contribution in [0, 0.1) is 0 Å². The lowest BCUT2D eigenvalue weighted by molar-refractivity contribution is 0.282. The minimum absolute atomic E-state index is 0.0731. The van der Waals surface area contributed by atoms with Crippen molar-refractivity contribution in [1.29, 1.82) is 0 Å². The summed E-state index contributed by atoms with van der Waals surface area (Å²) >= 11 is 0. The smallest absolute Gasteiger partial charge is 0.0682 e. The second kappa shape index (κ2) is 7.64. The van der Waals surface area contributed by atoms with Gasteiger partial charge < -0.3 is 10.0 Å². The van der Waals surface area contributed by atoms with Crippen molar-refractivity contribution in [2.24, 2.45) is 0 Å². The van der Waals surface area contributed by atoms with Crippen LogP contribution in [0.1, 0.15) is 24.1 Å². The van der Waals surface area contributed by atoms with Crippen molar-refractivity contribution in [3.05, 3.63) is 83.9 Å². The van der Waals surface area contributed by atoms with E-state index in [2.05, 4.69) is 80.5 Å². The number of aliphatic hydroxyl groups is 1. The molecule has 25 heavy (non-hydrogen) atoms. The summed E-state index contributed by atoms with van der Waals surface area (Å²) in [6.07, 6.45) is 0. The maximum absolute atomic E-state index is 9.29. The molecule has 0 aliphatic rings. The van der Waals surface area contributed by atoms with E-state index < -0.39 is 0 Å². The van der Waals surface area contributed by atoms with Gasteiger partial charge in [-0.15, -0.1) is 0 Å². The summed E-state index contributed by atoms with van der Waals surface area (Å²) in [5, 5.41) is 9.29. The Morgan fingerprint density at radius 3 is 1.80 bits per heavy atom. The molecule has 1 atom stereocenters. The highest BCUT2D eigenvalue weighted by atomic mass is 16.3. The zero-order valence-corrected chi connectivity index (χ0v) is 15.1. The fourth-order valence-electron chi connectivity index (χ4n) is 2.96. The molecule has 2 nitrogen and oxygen atoms in total. The highest BCUT2D eigenvalue weighted by Crippen LogP contribution is 2.27. The second-order valence-electron chi connectivity index (χ2n) is 6.70. The van der Waals surface area contributed by atoms with Crippen LogP contribution in [-0.4, -0.2) is 24.1 Å². The molecule has 0 aliphatic carbocycles. The quantitative estimate of drug-likeness (QED) is 0.700. The van der Waals surface area contributed by atoms with Crippen molar-refractivity contribution < 1.29 is 5.11 Å². The zero-order chi connectivity index (χ0) is 17.8. The first-order valence-electron chi connectivity index (χ1n) is 8.65. The first kappa shape index (κ1) is 17.4. The van der Waals surface area contributed by atoms with Crippen LogP contribution in [0.3, 0.4) is 0 Å². The highest BCUT2D eigenvalue weighted by molar-refractivity contribution is 5.70. The lowest BCUT2D eigenvalue weighted by Gasteiger charge is -2.20. The van der Waals surface area contributed by atoms with Gasteiger partial charge in [0.2, 0.25) is 0 Å². The molecule has 3 aromatic carbocycles. The minimum atomic E-state index is 0.0731. The summed E-state index contributed by atoms with van der Waals surface area (Å²) < 4.78 is 0. The van der Waals surface area contributed by atoms with Crippen LogP contribution in [0.15, 0.2) is 72.8 Å². The van der Waals surface area contributed by atoms with Gasteiger partial charge in [-0.2, -0.15) is 0 Å². The Labute approximate surface area is 150 Å². The van der Waals surface area contributed by atoms with Crippen LogP contribution in [0.4, 0.5) is 0 Å². The number of aliphatic hydroxyl groups excluding tert-OH is 1. The standard InChI is InChI=1S/C23H25NO/c1-17(24(2)3)19-7-9-20(10-8-19)21-11-13-22(14-12-21)23-6-4-5-18(15-23)16-25/h4-15,17,25H,16H2,1-3H3. The topological polar surface area (TPSA) is 23.5 Å². The Kier molecular flexibility index (Phi) is 5.32. The van der Waals surface area contributed by atoms with Crippen molar-refractivity contribution in [2.45, 2.75) is 19.6 Å². The minimum Gasteiger partial charge on any atom is -0.392 e. The van der Waals surface area contributed by atoms with E-state index in [0.29, 0.717) is 6.04 Å². The normalized spacial score (nSPS) is 12.4. The molecule has 0 fully saturated rings. The van der Waals surface area contributed by atoms with Crippen LogP contribution < -0.4 is 0 Å². The number of benzene rings is 3. The molecule has 3 rings (SSSR count). The first-order valence-corrected chi connectivity index (χ1v) is 8.65. The van der Waals surface area contributed by atoms with Crippen molar-refractivity contribution in [2.75, 3.05) is 14.1 Å². The number of hydrogen-bond acceptors (Lipinski definition) is 2. The van der Waals surface area contributed by atoms with Crippen molar-refractivity contribution in [3.8, 4) is 22.3 Å². The Balaban J connectivity index is 1.82. The molecule has 0 saturated carbocycles. The van der Waals surface area contributed by atoms with Gasteiger partial charge in [0.05, 0.1) is 6.61 Å². The molecule has 0 heterocycles. The SMILES string of the molecule is CC(c1ccc(-c2ccc(-c3cccc(CO)c3)cc2)cc1)N(C)C. The van der Waals surface area contributed by atoms with Crippen LogP contribution in [0.2, 0.25) is 0 Å². The molecule has 128 valence electrons. The van der Waals surface area contributed by atoms with Gasteiger partial charge in [-0.05, 0) is 60.5 Å². The molecule has 0 saturated heterocycles. The Bertz CT molecular complexity index is 819. The molecule has 0 bridgehead atoms. The summed E-state index contributed by atoms with van der Waals surface area (Å²) in [5.41, 5.74) is 7.00. The molecule has 0 radical (unpaired) electrons. The second-order valence-corrected chi connectivity index (χ2v) is 6.70. The summed E-state index contributed by atoms with van der Waals surface area (Å²) in [4.78, 5) is 2.21. The van der Waals surface area contributed by atoms with Gasteiger partial charge in [0.15, 0.2) is 0 Å². The Morgan fingerprint density at radius 1 is 0.760 bits per heavy atom. The molecule has 0 spiro atoms. The summed E-state index contributed by atoms with van der Waals surface area (Å²) in [7, 11) is 4.20. The predicted octanol–water partition coefficient (Wildman–Crippen LogP) is 5.14. The van der Waals surface area contributed by atoms with Gasteiger partial charge in [0.25, 0.3) is 0 Å². The van der Waals surface area contributed by atoms with E-state index in [-0.39, 0.29) is 6.61 Å². The Hall–Kier alpha value is -2.42. The fraction of sp³-hybridized carbons (Fsp3) is 0.217. The van der Waals surface area contributed by atoms with Gasteiger partial charge in [-0.25, -0.2) is 0 Å². The molecule has 0 amide bonds. The highest BCUT2D eigenvalue weighted by Gasteiger charge is 2.08. The average Bonchev–Trinajstić information content (AvgIpc) is 2.67. The van der Waals surface area contributed by atoms with Crippen LogP contribution in [0.5, 0.6) is 0 Å². The van der Waals surface area contributed by atoms with Crippen molar-refractivity contribution >= 4 is 0 Å². The van der Waals surface area contributed by atoms with Crippen LogP contribution in [-0.2, 0) is 6.61 Å².